The van der Waals surface area contributed by atoms with Gasteiger partial charge in [-0.1, -0.05) is 47.5 Å². The second-order valence-corrected chi connectivity index (χ2v) is 12.4. The van der Waals surface area contributed by atoms with Crippen molar-refractivity contribution in [2.75, 3.05) is 6.61 Å². The number of carbonyl (C=O) groups excluding carboxylic acids is 1. The Morgan fingerprint density at radius 2 is 1.71 bits per heavy atom. The van der Waals surface area contributed by atoms with Crippen molar-refractivity contribution in [3.63, 3.8) is 0 Å². The molecule has 1 amide bonds. The largest absolute Gasteiger partial charge is 0.448 e. The van der Waals surface area contributed by atoms with E-state index in [-0.39, 0.29) is 17.0 Å². The van der Waals surface area contributed by atoms with Crippen LogP contribution in [-0.2, 0) is 40.2 Å². The Morgan fingerprint density at radius 1 is 0.978 bits per heavy atom. The standard InChI is InChI=1S/C32H28ClF3N4O4S/c1-21-8-14-25(15-9-21)45(42,43)39-31(41)44-18-16-22-10-12-24(13-11-22)40-29-20-27(33)26(32(34,35)36)19-28(29)38-30(40)7-4-6-23-5-2-3-17-37-23/h2-3,5,8-15,17,19-20H,4,6-7,16,18H2,1H3,(H,39,41). The Morgan fingerprint density at radius 3 is 2.38 bits per heavy atom. The van der Waals surface area contributed by atoms with Crippen molar-refractivity contribution >= 4 is 38.8 Å². The van der Waals surface area contributed by atoms with Crippen LogP contribution in [0.15, 0.2) is 90.0 Å². The zero-order chi connectivity index (χ0) is 32.2. The first-order chi connectivity index (χ1) is 21.4. The molecule has 5 rings (SSSR count). The number of benzene rings is 3. The number of nitrogens with zero attached hydrogens (tertiary/aromatic N) is 3. The Hall–Kier alpha value is -4.42. The van der Waals surface area contributed by atoms with E-state index in [2.05, 4.69) is 9.97 Å². The number of halogens is 4. The summed E-state index contributed by atoms with van der Waals surface area (Å²) < 4.78 is 74.3. The molecule has 0 saturated heterocycles. The van der Waals surface area contributed by atoms with Crippen molar-refractivity contribution in [1.82, 2.24) is 19.3 Å². The van der Waals surface area contributed by atoms with Crippen LogP contribution in [0.3, 0.4) is 0 Å². The lowest BCUT2D eigenvalue weighted by atomic mass is 10.1. The molecule has 0 radical (unpaired) electrons. The van der Waals surface area contributed by atoms with Crippen molar-refractivity contribution in [3.05, 3.63) is 118 Å². The number of amides is 1. The van der Waals surface area contributed by atoms with E-state index in [1.54, 1.807) is 47.2 Å². The van der Waals surface area contributed by atoms with E-state index >= 15 is 0 Å². The van der Waals surface area contributed by atoms with Crippen molar-refractivity contribution in [2.24, 2.45) is 0 Å². The van der Waals surface area contributed by atoms with Gasteiger partial charge in [0, 0.05) is 30.4 Å². The molecule has 2 aromatic heterocycles. The molecule has 8 nitrogen and oxygen atoms in total. The molecule has 13 heteroatoms. The molecule has 2 heterocycles. The number of hydrogen-bond donors (Lipinski definition) is 1. The minimum atomic E-state index is -4.63. The highest BCUT2D eigenvalue weighted by Crippen LogP contribution is 2.38. The molecule has 0 aliphatic heterocycles. The van der Waals surface area contributed by atoms with E-state index in [0.717, 1.165) is 22.9 Å². The lowest BCUT2D eigenvalue weighted by molar-refractivity contribution is -0.137. The van der Waals surface area contributed by atoms with Crippen LogP contribution >= 0.6 is 11.6 Å². The number of fused-ring (bicyclic) bond motifs is 1. The van der Waals surface area contributed by atoms with Crippen LogP contribution in [0.2, 0.25) is 5.02 Å². The summed E-state index contributed by atoms with van der Waals surface area (Å²) in [4.78, 5) is 21.0. The predicted octanol–water partition coefficient (Wildman–Crippen LogP) is 7.23. The average molecular weight is 657 g/mol. The van der Waals surface area contributed by atoms with Gasteiger partial charge in [-0.05, 0) is 73.9 Å². The highest BCUT2D eigenvalue weighted by atomic mass is 35.5. The lowest BCUT2D eigenvalue weighted by Gasteiger charge is -2.12. The van der Waals surface area contributed by atoms with E-state index in [4.69, 9.17) is 16.3 Å². The number of rotatable bonds is 10. The van der Waals surface area contributed by atoms with Crippen LogP contribution in [0.25, 0.3) is 16.7 Å². The molecule has 3 aromatic carbocycles. The quantitative estimate of drug-likeness (QED) is 0.170. The van der Waals surface area contributed by atoms with Gasteiger partial charge in [0.15, 0.2) is 0 Å². The zero-order valence-corrected chi connectivity index (χ0v) is 25.6. The van der Waals surface area contributed by atoms with E-state index in [1.165, 1.54) is 18.2 Å². The molecule has 0 atom stereocenters. The normalized spacial score (nSPS) is 11.9. The predicted molar refractivity (Wildman–Crippen MR) is 164 cm³/mol. The maximum Gasteiger partial charge on any atom is 0.421 e. The number of sulfonamides is 1. The Balaban J connectivity index is 1.30. The van der Waals surface area contributed by atoms with Gasteiger partial charge in [-0.2, -0.15) is 13.2 Å². The molecule has 1 N–H and O–H groups in total. The zero-order valence-electron chi connectivity index (χ0n) is 24.0. The number of ether oxygens (including phenoxy) is 1. The van der Waals surface area contributed by atoms with Crippen LogP contribution in [0.5, 0.6) is 0 Å². The van der Waals surface area contributed by atoms with Crippen molar-refractivity contribution < 1.29 is 31.1 Å². The van der Waals surface area contributed by atoms with Crippen LogP contribution in [-0.4, -0.2) is 35.7 Å². The number of aryl methyl sites for hydroxylation is 3. The molecule has 0 fully saturated rings. The Labute approximate surface area is 262 Å². The van der Waals surface area contributed by atoms with Gasteiger partial charge in [-0.3, -0.25) is 9.55 Å². The van der Waals surface area contributed by atoms with Gasteiger partial charge in [-0.15, -0.1) is 0 Å². The van der Waals surface area contributed by atoms with Gasteiger partial charge in [-0.25, -0.2) is 22.9 Å². The third-order valence-electron chi connectivity index (χ3n) is 7.05. The third-order valence-corrected chi connectivity index (χ3v) is 8.69. The van der Waals surface area contributed by atoms with Crippen molar-refractivity contribution in [1.29, 1.82) is 0 Å². The summed E-state index contributed by atoms with van der Waals surface area (Å²) in [5.41, 5.74) is 2.87. The molecule has 234 valence electrons. The molecule has 0 bridgehead atoms. The van der Waals surface area contributed by atoms with Crippen molar-refractivity contribution in [2.45, 2.75) is 43.7 Å². The average Bonchev–Trinajstić information content (AvgIpc) is 3.34. The summed E-state index contributed by atoms with van der Waals surface area (Å²) in [6.07, 6.45) is -1.92. The van der Waals surface area contributed by atoms with E-state index in [1.807, 2.05) is 29.8 Å². The van der Waals surface area contributed by atoms with Gasteiger partial charge in [0.2, 0.25) is 0 Å². The SMILES string of the molecule is Cc1ccc(S(=O)(=O)NC(=O)OCCc2ccc(-n3c(CCCc4ccccn4)nc4cc(C(F)(F)F)c(Cl)cc43)cc2)cc1. The van der Waals surface area contributed by atoms with Crippen LogP contribution in [0.4, 0.5) is 18.0 Å². The maximum absolute atomic E-state index is 13.6. The summed E-state index contributed by atoms with van der Waals surface area (Å²) in [7, 11) is -4.07. The molecular weight excluding hydrogens is 629 g/mol. The maximum atomic E-state index is 13.6. The number of hydrogen-bond acceptors (Lipinski definition) is 6. The summed E-state index contributed by atoms with van der Waals surface area (Å²) in [5.74, 6) is 0.568. The number of pyridine rings is 1. The fourth-order valence-corrected chi connectivity index (χ4v) is 5.94. The molecule has 0 aliphatic rings. The van der Waals surface area contributed by atoms with Gasteiger partial charge < -0.3 is 4.74 Å². The third kappa shape index (κ3) is 7.81. The van der Waals surface area contributed by atoms with Crippen LogP contribution in [0.1, 0.15) is 34.6 Å². The smallest absolute Gasteiger partial charge is 0.421 e. The molecule has 0 saturated carbocycles. The Kier molecular flexibility index (Phi) is 9.45. The first kappa shape index (κ1) is 32.0. The monoisotopic (exact) mass is 656 g/mol. The molecule has 0 spiro atoms. The van der Waals surface area contributed by atoms with Crippen LogP contribution in [0, 0.1) is 6.92 Å². The topological polar surface area (TPSA) is 103 Å². The second kappa shape index (κ2) is 13.3. The molecular formula is C32H28ClF3N4O4S. The summed E-state index contributed by atoms with van der Waals surface area (Å²) >= 11 is 6.08. The fourth-order valence-electron chi connectivity index (χ4n) is 4.78. The fraction of sp³-hybridized carbons (Fsp3) is 0.219. The van der Waals surface area contributed by atoms with Gasteiger partial charge >= 0.3 is 12.3 Å². The molecule has 45 heavy (non-hydrogen) atoms. The minimum Gasteiger partial charge on any atom is -0.448 e. The molecule has 0 aliphatic carbocycles. The van der Waals surface area contributed by atoms with Gasteiger partial charge in [0.05, 0.1) is 33.1 Å². The minimum absolute atomic E-state index is 0.0558. The van der Waals surface area contributed by atoms with Gasteiger partial charge in [0.1, 0.15) is 5.82 Å². The molecule has 0 unspecified atom stereocenters. The number of alkyl halides is 3. The van der Waals surface area contributed by atoms with Crippen LogP contribution < -0.4 is 4.72 Å². The summed E-state index contributed by atoms with van der Waals surface area (Å²) in [6.45, 7) is 1.73. The highest BCUT2D eigenvalue weighted by Gasteiger charge is 2.34. The van der Waals surface area contributed by atoms with E-state index < -0.39 is 32.9 Å². The molecule has 5 aromatic rings. The van der Waals surface area contributed by atoms with E-state index in [9.17, 15) is 26.4 Å². The first-order valence-corrected chi connectivity index (χ1v) is 15.8. The summed E-state index contributed by atoms with van der Waals surface area (Å²) in [6, 6.07) is 21.0. The van der Waals surface area contributed by atoms with Gasteiger partial charge in [0.25, 0.3) is 10.0 Å². The van der Waals surface area contributed by atoms with Crippen molar-refractivity contribution in [3.8, 4) is 5.69 Å². The lowest BCUT2D eigenvalue weighted by Crippen LogP contribution is -2.31. The number of imidazole rings is 1. The summed E-state index contributed by atoms with van der Waals surface area (Å²) in [5, 5.41) is -0.423. The number of nitrogens with one attached hydrogen (secondary N) is 1. The highest BCUT2D eigenvalue weighted by molar-refractivity contribution is 7.90. The number of carbonyl (C=O) groups is 1. The van der Waals surface area contributed by atoms with E-state index in [0.29, 0.717) is 42.7 Å². The second-order valence-electron chi connectivity index (χ2n) is 10.3. The first-order valence-electron chi connectivity index (χ1n) is 13.9. The Bertz CT molecular complexity index is 1910. The number of aromatic nitrogens is 3.